The monoisotopic (exact) mass is 448 g/mol. The van der Waals surface area contributed by atoms with Crippen molar-refractivity contribution in [2.24, 2.45) is 16.1 Å². The molecule has 1 aliphatic carbocycles. The van der Waals surface area contributed by atoms with Crippen molar-refractivity contribution >= 4 is 17.6 Å². The first-order valence-corrected chi connectivity index (χ1v) is 9.92. The molecule has 3 aliphatic rings. The first-order chi connectivity index (χ1) is 15.2. The highest BCUT2D eigenvalue weighted by molar-refractivity contribution is 6.03. The number of hydrogen-bond acceptors (Lipinski definition) is 7. The summed E-state index contributed by atoms with van der Waals surface area (Å²) in [5.74, 6) is 0.0509. The van der Waals surface area contributed by atoms with Gasteiger partial charge in [-0.3, -0.25) is 4.79 Å². The Morgan fingerprint density at radius 3 is 2.62 bits per heavy atom. The van der Waals surface area contributed by atoms with Gasteiger partial charge in [0.2, 0.25) is 0 Å². The maximum absolute atomic E-state index is 12.6. The lowest BCUT2D eigenvalue weighted by Gasteiger charge is -2.39. The van der Waals surface area contributed by atoms with E-state index in [1.807, 2.05) is 0 Å². The summed E-state index contributed by atoms with van der Waals surface area (Å²) in [6.45, 7) is -0.594. The smallest absolute Gasteiger partial charge is 0.422 e. The van der Waals surface area contributed by atoms with Gasteiger partial charge in [0, 0.05) is 16.7 Å². The van der Waals surface area contributed by atoms with Crippen LogP contribution in [0.3, 0.4) is 0 Å². The minimum atomic E-state index is -4.46. The summed E-state index contributed by atoms with van der Waals surface area (Å²) in [6.07, 6.45) is -1.51. The molecule has 1 amide bonds. The highest BCUT2D eigenvalue weighted by Gasteiger charge is 2.66. The van der Waals surface area contributed by atoms with Gasteiger partial charge in [0.25, 0.3) is 11.9 Å². The van der Waals surface area contributed by atoms with Gasteiger partial charge in [0.15, 0.2) is 6.61 Å². The van der Waals surface area contributed by atoms with Crippen molar-refractivity contribution in [3.05, 3.63) is 47.8 Å². The van der Waals surface area contributed by atoms with E-state index < -0.39 is 24.2 Å². The molecule has 2 spiro atoms. The summed E-state index contributed by atoms with van der Waals surface area (Å²) in [7, 11) is 0. The minimum Gasteiger partial charge on any atom is -0.493 e. The second-order valence-electron chi connectivity index (χ2n) is 8.12. The number of nitrogens with zero attached hydrogens (tertiary/aromatic N) is 2. The highest BCUT2D eigenvalue weighted by atomic mass is 19.4. The fourth-order valence-corrected chi connectivity index (χ4v) is 4.19. The third-order valence-electron chi connectivity index (χ3n) is 6.02. The molecule has 5 rings (SSSR count). The molecule has 168 valence electrons. The molecule has 0 bridgehead atoms. The lowest BCUT2D eigenvalue weighted by molar-refractivity contribution is -0.153. The average Bonchev–Trinajstić information content (AvgIpc) is 3.44. The van der Waals surface area contributed by atoms with E-state index >= 15 is 0 Å². The molecule has 8 nitrogen and oxygen atoms in total. The Labute approximate surface area is 180 Å². The van der Waals surface area contributed by atoms with Crippen molar-refractivity contribution in [1.82, 2.24) is 4.98 Å². The van der Waals surface area contributed by atoms with Crippen LogP contribution in [0.1, 0.15) is 28.9 Å². The number of halogens is 3. The molecule has 2 aliphatic heterocycles. The van der Waals surface area contributed by atoms with Crippen LogP contribution in [0.25, 0.3) is 0 Å². The number of ether oxygens (including phenoxy) is 3. The van der Waals surface area contributed by atoms with E-state index in [1.54, 1.807) is 18.2 Å². The van der Waals surface area contributed by atoms with Crippen LogP contribution in [0, 0.1) is 5.41 Å². The summed E-state index contributed by atoms with van der Waals surface area (Å²) in [5.41, 5.74) is 6.33. The molecule has 11 heteroatoms. The van der Waals surface area contributed by atoms with E-state index in [0.717, 1.165) is 24.6 Å². The van der Waals surface area contributed by atoms with Gasteiger partial charge in [-0.15, -0.1) is 0 Å². The quantitative estimate of drug-likeness (QED) is 0.745. The Balaban J connectivity index is 1.35. The molecule has 1 fully saturated rings. The Morgan fingerprint density at radius 2 is 2.00 bits per heavy atom. The molecule has 2 aromatic rings. The number of amidine groups is 1. The number of hydrogen-bond donors (Lipinski definition) is 2. The number of carbonyl (C=O) groups is 1. The Kier molecular flexibility index (Phi) is 4.47. The standard InChI is InChI=1S/C21H19F3N4O4/c22-21(23,24)11-30-13-2-3-15(26-8-13)17(29)27-12-1-4-16-14(7-12)20(10-32-18(25)28-20)19(5-6-19)9-31-16/h1-4,7-8H,5-6,9-11H2,(H2,25,28)(H,27,29). The lowest BCUT2D eigenvalue weighted by atomic mass is 9.74. The average molecular weight is 448 g/mol. The molecule has 3 heterocycles. The van der Waals surface area contributed by atoms with E-state index in [1.165, 1.54) is 12.1 Å². The fraction of sp³-hybridized carbons (Fsp3) is 0.381. The van der Waals surface area contributed by atoms with Crippen molar-refractivity contribution in [1.29, 1.82) is 0 Å². The number of nitrogens with two attached hydrogens (primary N) is 1. The van der Waals surface area contributed by atoms with Crippen LogP contribution in [-0.2, 0) is 10.3 Å². The number of alkyl halides is 3. The van der Waals surface area contributed by atoms with E-state index in [2.05, 4.69) is 20.0 Å². The molecular formula is C21H19F3N4O4. The van der Waals surface area contributed by atoms with Gasteiger partial charge in [-0.2, -0.15) is 13.2 Å². The zero-order valence-electron chi connectivity index (χ0n) is 16.7. The summed E-state index contributed by atoms with van der Waals surface area (Å²) in [6, 6.07) is 7.92. The van der Waals surface area contributed by atoms with Crippen LogP contribution in [0.15, 0.2) is 41.5 Å². The summed E-state index contributed by atoms with van der Waals surface area (Å²) < 4.78 is 52.8. The number of rotatable bonds is 4. The third-order valence-corrected chi connectivity index (χ3v) is 6.02. The fourth-order valence-electron chi connectivity index (χ4n) is 4.19. The minimum absolute atomic E-state index is 0.0261. The lowest BCUT2D eigenvalue weighted by Crippen LogP contribution is -2.44. The second kappa shape index (κ2) is 7.01. The van der Waals surface area contributed by atoms with Gasteiger partial charge in [-0.25, -0.2) is 9.98 Å². The van der Waals surface area contributed by atoms with Crippen molar-refractivity contribution in [2.75, 3.05) is 25.1 Å². The molecule has 0 saturated heterocycles. The first-order valence-electron chi connectivity index (χ1n) is 9.92. The number of carbonyl (C=O) groups excluding carboxylic acids is 1. The molecule has 1 aromatic carbocycles. The first kappa shape index (κ1) is 20.4. The molecule has 0 radical (unpaired) electrons. The normalized spacial score (nSPS) is 22.5. The molecule has 1 aromatic heterocycles. The van der Waals surface area contributed by atoms with Crippen LogP contribution in [0.5, 0.6) is 11.5 Å². The molecule has 1 saturated carbocycles. The Morgan fingerprint density at radius 1 is 1.19 bits per heavy atom. The van der Waals surface area contributed by atoms with Crippen molar-refractivity contribution < 1.29 is 32.2 Å². The van der Waals surface area contributed by atoms with E-state index in [4.69, 9.17) is 15.2 Å². The van der Waals surface area contributed by atoms with Crippen LogP contribution in [0.2, 0.25) is 0 Å². The number of aliphatic imine (C=N–C) groups is 1. The maximum atomic E-state index is 12.6. The SMILES string of the molecule is NC1=NC2(CO1)c1cc(NC(=O)c3ccc(OCC(F)(F)F)cn3)ccc1OCC21CC1. The zero-order valence-corrected chi connectivity index (χ0v) is 16.7. The largest absolute Gasteiger partial charge is 0.493 e. The van der Waals surface area contributed by atoms with Crippen molar-refractivity contribution in [3.8, 4) is 11.5 Å². The van der Waals surface area contributed by atoms with E-state index in [-0.39, 0.29) is 22.9 Å². The van der Waals surface area contributed by atoms with E-state index in [9.17, 15) is 18.0 Å². The van der Waals surface area contributed by atoms with Crippen molar-refractivity contribution in [2.45, 2.75) is 24.6 Å². The summed E-state index contributed by atoms with van der Waals surface area (Å²) in [5, 5.41) is 2.75. The summed E-state index contributed by atoms with van der Waals surface area (Å²) >= 11 is 0. The van der Waals surface area contributed by atoms with E-state index in [0.29, 0.717) is 24.7 Å². The second-order valence-corrected chi connectivity index (χ2v) is 8.12. The third kappa shape index (κ3) is 3.47. The molecule has 3 N–H and O–H groups in total. The van der Waals surface area contributed by atoms with Gasteiger partial charge in [0.05, 0.1) is 12.8 Å². The molecular weight excluding hydrogens is 429 g/mol. The number of fused-ring (bicyclic) bond motifs is 3. The zero-order chi connectivity index (χ0) is 22.6. The van der Waals surface area contributed by atoms with Crippen LogP contribution < -0.4 is 20.5 Å². The Hall–Kier alpha value is -3.50. The number of amides is 1. The van der Waals surface area contributed by atoms with Crippen LogP contribution >= 0.6 is 0 Å². The van der Waals surface area contributed by atoms with Crippen molar-refractivity contribution in [3.63, 3.8) is 0 Å². The number of anilines is 1. The van der Waals surface area contributed by atoms with Gasteiger partial charge >= 0.3 is 6.18 Å². The van der Waals surface area contributed by atoms with Gasteiger partial charge < -0.3 is 25.3 Å². The van der Waals surface area contributed by atoms with Crippen LogP contribution in [0.4, 0.5) is 18.9 Å². The summed E-state index contributed by atoms with van der Waals surface area (Å²) in [4.78, 5) is 21.1. The topological polar surface area (TPSA) is 108 Å². The number of pyridine rings is 1. The predicted octanol–water partition coefficient (Wildman–Crippen LogP) is 2.99. The number of aromatic nitrogens is 1. The van der Waals surface area contributed by atoms with Gasteiger partial charge in [-0.1, -0.05) is 0 Å². The maximum Gasteiger partial charge on any atom is 0.422 e. The highest BCUT2D eigenvalue weighted by Crippen LogP contribution is 2.65. The molecule has 1 atom stereocenters. The number of benzene rings is 1. The predicted molar refractivity (Wildman–Crippen MR) is 107 cm³/mol. The Bertz CT molecular complexity index is 1100. The van der Waals surface area contributed by atoms with Crippen LogP contribution in [-0.4, -0.2) is 42.9 Å². The van der Waals surface area contributed by atoms with Gasteiger partial charge in [0.1, 0.15) is 29.3 Å². The number of nitrogens with one attached hydrogen (secondary N) is 1. The molecule has 32 heavy (non-hydrogen) atoms. The van der Waals surface area contributed by atoms with Gasteiger partial charge in [-0.05, 0) is 43.2 Å². The molecule has 1 unspecified atom stereocenters.